The van der Waals surface area contributed by atoms with Crippen LogP contribution in [0.1, 0.15) is 30.0 Å². The molecule has 2 aromatic rings. The van der Waals surface area contributed by atoms with E-state index in [1.54, 1.807) is 19.1 Å². The molecule has 0 aliphatic carbocycles. The number of hydrogen-bond acceptors (Lipinski definition) is 4. The smallest absolute Gasteiger partial charge is 0.165 e. The van der Waals surface area contributed by atoms with E-state index in [4.69, 9.17) is 9.26 Å². The molecule has 102 valence electrons. The summed E-state index contributed by atoms with van der Waals surface area (Å²) < 4.78 is 24.2. The molecule has 0 radical (unpaired) electrons. The zero-order chi connectivity index (χ0) is 13.8. The minimum atomic E-state index is -0.375. The Labute approximate surface area is 111 Å². The first-order valence-corrected chi connectivity index (χ1v) is 6.12. The number of halogens is 1. The van der Waals surface area contributed by atoms with Crippen molar-refractivity contribution in [1.29, 1.82) is 0 Å². The average Bonchev–Trinajstić information content (AvgIpc) is 2.82. The van der Waals surface area contributed by atoms with Gasteiger partial charge in [0.25, 0.3) is 0 Å². The van der Waals surface area contributed by atoms with E-state index in [2.05, 4.69) is 10.5 Å². The van der Waals surface area contributed by atoms with Gasteiger partial charge in [-0.3, -0.25) is 0 Å². The van der Waals surface area contributed by atoms with Gasteiger partial charge in [-0.15, -0.1) is 0 Å². The van der Waals surface area contributed by atoms with Gasteiger partial charge in [-0.2, -0.15) is 0 Å². The summed E-state index contributed by atoms with van der Waals surface area (Å²) in [5.41, 5.74) is 1.52. The van der Waals surface area contributed by atoms with E-state index in [-0.39, 0.29) is 24.2 Å². The first kappa shape index (κ1) is 13.5. The van der Waals surface area contributed by atoms with E-state index < -0.39 is 0 Å². The molecule has 0 saturated heterocycles. The number of hydrogen-bond donors (Lipinski definition) is 1. The lowest BCUT2D eigenvalue weighted by atomic mass is 10.1. The number of nitrogens with one attached hydrogen (secondary N) is 1. The lowest BCUT2D eigenvalue weighted by Gasteiger charge is -2.12. The van der Waals surface area contributed by atoms with Crippen LogP contribution in [0, 0.1) is 12.7 Å². The fourth-order valence-corrected chi connectivity index (χ4v) is 1.71. The van der Waals surface area contributed by atoms with Gasteiger partial charge in [0.1, 0.15) is 18.1 Å². The zero-order valence-corrected chi connectivity index (χ0v) is 11.2. The van der Waals surface area contributed by atoms with E-state index in [9.17, 15) is 4.39 Å². The average molecular weight is 264 g/mol. The number of aryl methyl sites for hydroxylation is 1. The second-order valence-electron chi connectivity index (χ2n) is 4.42. The minimum Gasteiger partial charge on any atom is -0.484 e. The predicted molar refractivity (Wildman–Crippen MR) is 69.4 cm³/mol. The van der Waals surface area contributed by atoms with Crippen molar-refractivity contribution in [3.63, 3.8) is 0 Å². The van der Waals surface area contributed by atoms with Gasteiger partial charge in [-0.1, -0.05) is 11.2 Å². The van der Waals surface area contributed by atoms with E-state index in [1.165, 1.54) is 6.07 Å². The second-order valence-corrected chi connectivity index (χ2v) is 4.42. The summed E-state index contributed by atoms with van der Waals surface area (Å²) in [4.78, 5) is 0. The van der Waals surface area contributed by atoms with Crippen molar-refractivity contribution in [2.24, 2.45) is 0 Å². The first-order valence-electron chi connectivity index (χ1n) is 6.12. The highest BCUT2D eigenvalue weighted by molar-refractivity contribution is 5.31. The summed E-state index contributed by atoms with van der Waals surface area (Å²) in [5.74, 6) is 0.546. The van der Waals surface area contributed by atoms with Crippen molar-refractivity contribution in [1.82, 2.24) is 10.5 Å². The molecule has 1 heterocycles. The molecule has 19 heavy (non-hydrogen) atoms. The van der Waals surface area contributed by atoms with Gasteiger partial charge < -0.3 is 14.6 Å². The highest BCUT2D eigenvalue weighted by atomic mass is 19.1. The monoisotopic (exact) mass is 264 g/mol. The Kier molecular flexibility index (Phi) is 4.16. The largest absolute Gasteiger partial charge is 0.484 e. The number of benzene rings is 1. The summed E-state index contributed by atoms with van der Waals surface area (Å²) in [6.07, 6.45) is 0. The molecule has 0 fully saturated rings. The fraction of sp³-hybridized carbons (Fsp3) is 0.357. The number of rotatable bonds is 5. The van der Waals surface area contributed by atoms with E-state index in [0.717, 1.165) is 5.56 Å². The molecule has 5 heteroatoms. The summed E-state index contributed by atoms with van der Waals surface area (Å²) in [6, 6.07) is 6.81. The van der Waals surface area contributed by atoms with Crippen molar-refractivity contribution in [3.05, 3.63) is 47.1 Å². The van der Waals surface area contributed by atoms with Crippen LogP contribution in [0.4, 0.5) is 4.39 Å². The van der Waals surface area contributed by atoms with Gasteiger partial charge >= 0.3 is 0 Å². The molecule has 4 nitrogen and oxygen atoms in total. The highest BCUT2D eigenvalue weighted by Crippen LogP contribution is 2.22. The third kappa shape index (κ3) is 3.32. The van der Waals surface area contributed by atoms with Crippen LogP contribution in [0.5, 0.6) is 5.75 Å². The van der Waals surface area contributed by atoms with Gasteiger partial charge in [0, 0.05) is 12.1 Å². The topological polar surface area (TPSA) is 47.3 Å². The summed E-state index contributed by atoms with van der Waals surface area (Å²) >= 11 is 0. The molecule has 0 spiro atoms. The normalized spacial score (nSPS) is 12.4. The third-order valence-corrected chi connectivity index (χ3v) is 2.94. The Hall–Kier alpha value is -1.88. The van der Waals surface area contributed by atoms with Crippen LogP contribution in [0.15, 0.2) is 28.8 Å². The molecule has 0 saturated carbocycles. The zero-order valence-electron chi connectivity index (χ0n) is 11.2. The minimum absolute atomic E-state index is 0.0988. The van der Waals surface area contributed by atoms with Crippen LogP contribution < -0.4 is 10.1 Å². The van der Waals surface area contributed by atoms with Gasteiger partial charge in [0.2, 0.25) is 0 Å². The maximum Gasteiger partial charge on any atom is 0.165 e. The molecule has 1 aromatic heterocycles. The Morgan fingerprint density at radius 2 is 2.21 bits per heavy atom. The van der Waals surface area contributed by atoms with Crippen molar-refractivity contribution < 1.29 is 13.7 Å². The van der Waals surface area contributed by atoms with Crippen molar-refractivity contribution in [2.75, 3.05) is 7.05 Å². The second kappa shape index (κ2) is 5.84. The standard InChI is InChI=1S/C14H17FN2O2/c1-9-6-12(17-19-9)8-18-14-5-4-11(7-13(14)15)10(2)16-3/h4-7,10,16H,8H2,1-3H3. The Balaban J connectivity index is 2.05. The third-order valence-electron chi connectivity index (χ3n) is 2.94. The van der Waals surface area contributed by atoms with E-state index in [1.807, 2.05) is 20.0 Å². The highest BCUT2D eigenvalue weighted by Gasteiger charge is 2.09. The number of aromatic nitrogens is 1. The van der Waals surface area contributed by atoms with Crippen LogP contribution in [0.25, 0.3) is 0 Å². The quantitative estimate of drug-likeness (QED) is 0.901. The first-order chi connectivity index (χ1) is 9.10. The van der Waals surface area contributed by atoms with E-state index >= 15 is 0 Å². The molecule has 2 rings (SSSR count). The lowest BCUT2D eigenvalue weighted by molar-refractivity contribution is 0.275. The maximum absolute atomic E-state index is 13.9. The molecule has 0 amide bonds. The van der Waals surface area contributed by atoms with E-state index in [0.29, 0.717) is 11.5 Å². The van der Waals surface area contributed by atoms with Crippen LogP contribution in [-0.2, 0) is 6.61 Å². The molecule has 1 unspecified atom stereocenters. The van der Waals surface area contributed by atoms with Crippen LogP contribution in [0.2, 0.25) is 0 Å². The lowest BCUT2D eigenvalue weighted by Crippen LogP contribution is -2.12. The SMILES string of the molecule is CNC(C)c1ccc(OCc2cc(C)on2)c(F)c1. The molecule has 1 atom stereocenters. The molecule has 0 aliphatic rings. The molecule has 1 N–H and O–H groups in total. The number of nitrogens with zero attached hydrogens (tertiary/aromatic N) is 1. The van der Waals surface area contributed by atoms with Gasteiger partial charge in [-0.05, 0) is 38.6 Å². The van der Waals surface area contributed by atoms with Crippen LogP contribution in [0.3, 0.4) is 0 Å². The maximum atomic E-state index is 13.9. The summed E-state index contributed by atoms with van der Waals surface area (Å²) in [6.45, 7) is 3.95. The van der Waals surface area contributed by atoms with Crippen molar-refractivity contribution in [2.45, 2.75) is 26.5 Å². The van der Waals surface area contributed by atoms with Gasteiger partial charge in [0.05, 0.1) is 0 Å². The van der Waals surface area contributed by atoms with Crippen molar-refractivity contribution >= 4 is 0 Å². The summed E-state index contributed by atoms with van der Waals surface area (Å²) in [7, 11) is 1.83. The Morgan fingerprint density at radius 1 is 1.42 bits per heavy atom. The predicted octanol–water partition coefficient (Wildman–Crippen LogP) is 2.98. The van der Waals surface area contributed by atoms with Gasteiger partial charge in [-0.25, -0.2) is 4.39 Å². The molecular formula is C14H17FN2O2. The Morgan fingerprint density at radius 3 is 2.79 bits per heavy atom. The number of ether oxygens (including phenoxy) is 1. The Bertz CT molecular complexity index is 554. The molecule has 0 aliphatic heterocycles. The van der Waals surface area contributed by atoms with Crippen LogP contribution >= 0.6 is 0 Å². The van der Waals surface area contributed by atoms with Gasteiger partial charge in [0.15, 0.2) is 11.6 Å². The van der Waals surface area contributed by atoms with Crippen molar-refractivity contribution in [3.8, 4) is 5.75 Å². The molecule has 1 aromatic carbocycles. The summed E-state index contributed by atoms with van der Waals surface area (Å²) in [5, 5.41) is 6.85. The fourth-order valence-electron chi connectivity index (χ4n) is 1.71. The molecule has 0 bridgehead atoms. The molecular weight excluding hydrogens is 247 g/mol. The van der Waals surface area contributed by atoms with Crippen LogP contribution in [-0.4, -0.2) is 12.2 Å².